The molecule has 1 amide bonds. The highest BCUT2D eigenvalue weighted by Crippen LogP contribution is 2.23. The maximum absolute atomic E-state index is 12.2. The van der Waals surface area contributed by atoms with Gasteiger partial charge in [-0.25, -0.2) is 4.98 Å². The molecule has 0 aliphatic carbocycles. The molecule has 4 nitrogen and oxygen atoms in total. The molecule has 0 atom stereocenters. The van der Waals surface area contributed by atoms with Crippen LogP contribution in [0.3, 0.4) is 0 Å². The minimum atomic E-state index is -0.238. The third kappa shape index (κ3) is 3.95. The fourth-order valence-electron chi connectivity index (χ4n) is 1.82. The number of hydrogen-bond acceptors (Lipinski definition) is 3. The highest BCUT2D eigenvalue weighted by Gasteiger charge is 2.11. The number of pyridine rings is 1. The standard InChI is InChI=1S/C15H15BrClN3O/c1-3-18-14-12(17)7-10(8-19-14)15(21)20-13-5-4-11(16)6-9(13)2/h4-8H,3H2,1-2H3,(H,18,19)(H,20,21). The maximum atomic E-state index is 12.2. The van der Waals surface area contributed by atoms with Gasteiger partial charge in [0.1, 0.15) is 5.82 Å². The number of halogens is 2. The van der Waals surface area contributed by atoms with E-state index in [-0.39, 0.29) is 5.91 Å². The van der Waals surface area contributed by atoms with Gasteiger partial charge in [0, 0.05) is 22.9 Å². The summed E-state index contributed by atoms with van der Waals surface area (Å²) in [5.74, 6) is 0.341. The number of nitrogens with one attached hydrogen (secondary N) is 2. The summed E-state index contributed by atoms with van der Waals surface area (Å²) in [6.45, 7) is 4.60. The Hall–Kier alpha value is -1.59. The monoisotopic (exact) mass is 367 g/mol. The van der Waals surface area contributed by atoms with E-state index in [1.54, 1.807) is 6.07 Å². The smallest absolute Gasteiger partial charge is 0.257 e. The molecule has 0 bridgehead atoms. The number of amides is 1. The van der Waals surface area contributed by atoms with Crippen LogP contribution in [0, 0.1) is 6.92 Å². The lowest BCUT2D eigenvalue weighted by atomic mass is 10.2. The van der Waals surface area contributed by atoms with Crippen molar-refractivity contribution in [2.75, 3.05) is 17.2 Å². The van der Waals surface area contributed by atoms with Gasteiger partial charge in [0.15, 0.2) is 0 Å². The predicted molar refractivity (Wildman–Crippen MR) is 90.2 cm³/mol. The molecule has 0 unspecified atom stereocenters. The zero-order chi connectivity index (χ0) is 15.4. The van der Waals surface area contributed by atoms with Gasteiger partial charge in [-0.15, -0.1) is 0 Å². The molecule has 1 aromatic carbocycles. The minimum Gasteiger partial charge on any atom is -0.369 e. The van der Waals surface area contributed by atoms with Crippen molar-refractivity contribution >= 4 is 44.9 Å². The average Bonchev–Trinajstić information content (AvgIpc) is 2.44. The Morgan fingerprint density at radius 1 is 1.38 bits per heavy atom. The van der Waals surface area contributed by atoms with Crippen LogP contribution in [0.15, 0.2) is 34.9 Å². The fourth-order valence-corrected chi connectivity index (χ4v) is 2.53. The van der Waals surface area contributed by atoms with Crippen molar-refractivity contribution in [2.24, 2.45) is 0 Å². The lowest BCUT2D eigenvalue weighted by molar-refractivity contribution is 0.102. The van der Waals surface area contributed by atoms with Crippen LogP contribution in [0.5, 0.6) is 0 Å². The van der Waals surface area contributed by atoms with E-state index < -0.39 is 0 Å². The highest BCUT2D eigenvalue weighted by molar-refractivity contribution is 9.10. The highest BCUT2D eigenvalue weighted by atomic mass is 79.9. The summed E-state index contributed by atoms with van der Waals surface area (Å²) in [5.41, 5.74) is 2.15. The second-order valence-electron chi connectivity index (χ2n) is 4.50. The Bertz CT molecular complexity index is 676. The Morgan fingerprint density at radius 3 is 2.76 bits per heavy atom. The van der Waals surface area contributed by atoms with E-state index in [0.29, 0.717) is 16.4 Å². The molecule has 0 fully saturated rings. The van der Waals surface area contributed by atoms with Crippen LogP contribution < -0.4 is 10.6 Å². The Kier molecular flexibility index (Phi) is 5.20. The molecule has 0 saturated carbocycles. The lowest BCUT2D eigenvalue weighted by Crippen LogP contribution is -2.13. The van der Waals surface area contributed by atoms with Crippen LogP contribution in [0.25, 0.3) is 0 Å². The third-order valence-corrected chi connectivity index (χ3v) is 3.67. The first-order valence-corrected chi connectivity index (χ1v) is 7.65. The van der Waals surface area contributed by atoms with Gasteiger partial charge in [-0.05, 0) is 43.7 Å². The van der Waals surface area contributed by atoms with Gasteiger partial charge in [0.05, 0.1) is 10.6 Å². The molecule has 0 spiro atoms. The number of anilines is 2. The lowest BCUT2D eigenvalue weighted by Gasteiger charge is -2.10. The zero-order valence-electron chi connectivity index (χ0n) is 11.7. The summed E-state index contributed by atoms with van der Waals surface area (Å²) in [4.78, 5) is 16.4. The normalized spacial score (nSPS) is 10.3. The molecule has 1 aromatic heterocycles. The Labute approximate surface area is 137 Å². The van der Waals surface area contributed by atoms with Crippen LogP contribution >= 0.6 is 27.5 Å². The largest absolute Gasteiger partial charge is 0.369 e. The fraction of sp³-hybridized carbons (Fsp3) is 0.200. The van der Waals surface area contributed by atoms with Crippen molar-refractivity contribution in [3.05, 3.63) is 51.1 Å². The number of carbonyl (C=O) groups excluding carboxylic acids is 1. The maximum Gasteiger partial charge on any atom is 0.257 e. The van der Waals surface area contributed by atoms with Gasteiger partial charge >= 0.3 is 0 Å². The average molecular weight is 369 g/mol. The van der Waals surface area contributed by atoms with Crippen LogP contribution in [0.4, 0.5) is 11.5 Å². The van der Waals surface area contributed by atoms with E-state index in [2.05, 4.69) is 31.5 Å². The molecule has 1 heterocycles. The van der Waals surface area contributed by atoms with Gasteiger partial charge in [-0.3, -0.25) is 4.79 Å². The molecule has 0 aliphatic rings. The SMILES string of the molecule is CCNc1ncc(C(=O)Nc2ccc(Br)cc2C)cc1Cl. The molecular formula is C15H15BrClN3O. The van der Waals surface area contributed by atoms with E-state index in [9.17, 15) is 4.79 Å². The summed E-state index contributed by atoms with van der Waals surface area (Å²) in [6, 6.07) is 7.27. The summed E-state index contributed by atoms with van der Waals surface area (Å²) >= 11 is 9.49. The third-order valence-electron chi connectivity index (χ3n) is 2.88. The van der Waals surface area contributed by atoms with Crippen molar-refractivity contribution < 1.29 is 4.79 Å². The second-order valence-corrected chi connectivity index (χ2v) is 5.82. The summed E-state index contributed by atoms with van der Waals surface area (Å²) in [5, 5.41) is 6.31. The summed E-state index contributed by atoms with van der Waals surface area (Å²) < 4.78 is 0.970. The van der Waals surface area contributed by atoms with Gasteiger partial charge < -0.3 is 10.6 Å². The minimum absolute atomic E-state index is 0.238. The van der Waals surface area contributed by atoms with Crippen molar-refractivity contribution in [1.82, 2.24) is 4.98 Å². The Balaban J connectivity index is 2.18. The van der Waals surface area contributed by atoms with E-state index in [1.165, 1.54) is 6.20 Å². The number of aromatic nitrogens is 1. The molecule has 0 radical (unpaired) electrons. The van der Waals surface area contributed by atoms with E-state index in [4.69, 9.17) is 11.6 Å². The summed E-state index contributed by atoms with van der Waals surface area (Å²) in [6.07, 6.45) is 1.51. The van der Waals surface area contributed by atoms with Gasteiger partial charge in [0.2, 0.25) is 0 Å². The number of nitrogens with zero attached hydrogens (tertiary/aromatic N) is 1. The number of hydrogen-bond donors (Lipinski definition) is 2. The van der Waals surface area contributed by atoms with Crippen LogP contribution in [-0.2, 0) is 0 Å². The van der Waals surface area contributed by atoms with Gasteiger partial charge in [-0.2, -0.15) is 0 Å². The van der Waals surface area contributed by atoms with Crippen LogP contribution in [0.2, 0.25) is 5.02 Å². The summed E-state index contributed by atoms with van der Waals surface area (Å²) in [7, 11) is 0. The molecule has 2 aromatic rings. The van der Waals surface area contributed by atoms with Crippen LogP contribution in [0.1, 0.15) is 22.8 Å². The first kappa shape index (κ1) is 15.8. The van der Waals surface area contributed by atoms with Gasteiger partial charge in [0.25, 0.3) is 5.91 Å². The number of benzene rings is 1. The van der Waals surface area contributed by atoms with Crippen LogP contribution in [-0.4, -0.2) is 17.4 Å². The molecule has 6 heteroatoms. The Morgan fingerprint density at radius 2 is 2.14 bits per heavy atom. The molecule has 0 saturated heterocycles. The molecule has 21 heavy (non-hydrogen) atoms. The number of rotatable bonds is 4. The second kappa shape index (κ2) is 6.91. The number of aryl methyl sites for hydroxylation is 1. The van der Waals surface area contributed by atoms with Crippen molar-refractivity contribution in [2.45, 2.75) is 13.8 Å². The van der Waals surface area contributed by atoms with Crippen molar-refractivity contribution in [3.8, 4) is 0 Å². The topological polar surface area (TPSA) is 54.0 Å². The van der Waals surface area contributed by atoms with E-state index in [0.717, 1.165) is 22.3 Å². The molecule has 0 aliphatic heterocycles. The predicted octanol–water partition coefficient (Wildman–Crippen LogP) is 4.49. The molecular weight excluding hydrogens is 354 g/mol. The quantitative estimate of drug-likeness (QED) is 0.836. The van der Waals surface area contributed by atoms with E-state index in [1.807, 2.05) is 32.0 Å². The van der Waals surface area contributed by atoms with E-state index >= 15 is 0 Å². The number of carbonyl (C=O) groups is 1. The van der Waals surface area contributed by atoms with Crippen molar-refractivity contribution in [1.29, 1.82) is 0 Å². The molecule has 2 N–H and O–H groups in total. The zero-order valence-corrected chi connectivity index (χ0v) is 14.0. The molecule has 2 rings (SSSR count). The first-order valence-electron chi connectivity index (χ1n) is 6.48. The first-order chi connectivity index (χ1) is 10.0. The van der Waals surface area contributed by atoms with Crippen molar-refractivity contribution in [3.63, 3.8) is 0 Å². The molecule has 110 valence electrons. The van der Waals surface area contributed by atoms with Gasteiger partial charge in [-0.1, -0.05) is 27.5 Å².